The molecular weight excluding hydrogens is 234 g/mol. The van der Waals surface area contributed by atoms with E-state index in [9.17, 15) is 9.90 Å². The molecule has 2 atom stereocenters. The first-order valence-electron chi connectivity index (χ1n) is 6.64. The Kier molecular flexibility index (Phi) is 5.88. The van der Waals surface area contributed by atoms with Gasteiger partial charge in [-0.25, -0.2) is 4.79 Å². The van der Waals surface area contributed by atoms with Crippen LogP contribution in [0.1, 0.15) is 46.0 Å². The Balaban J connectivity index is 2.42. The van der Waals surface area contributed by atoms with Crippen molar-refractivity contribution in [3.8, 4) is 0 Å². The highest BCUT2D eigenvalue weighted by Gasteiger charge is 2.28. The predicted molar refractivity (Wildman–Crippen MR) is 68.1 cm³/mol. The fourth-order valence-corrected chi connectivity index (χ4v) is 2.60. The molecule has 0 spiro atoms. The molecule has 18 heavy (non-hydrogen) atoms. The number of carbonyl (C=O) groups excluding carboxylic acids is 1. The molecule has 2 unspecified atom stereocenters. The Morgan fingerprint density at radius 3 is 2.78 bits per heavy atom. The van der Waals surface area contributed by atoms with Gasteiger partial charge in [0.05, 0.1) is 6.10 Å². The van der Waals surface area contributed by atoms with Crippen LogP contribution < -0.4 is 5.73 Å². The minimum Gasteiger partial charge on any atom is -0.444 e. The van der Waals surface area contributed by atoms with Crippen LogP contribution in [-0.2, 0) is 9.47 Å². The van der Waals surface area contributed by atoms with Gasteiger partial charge in [-0.2, -0.15) is 0 Å². The molecule has 1 fully saturated rings. The molecular formula is C13H25NO4. The van der Waals surface area contributed by atoms with Gasteiger partial charge in [0.15, 0.2) is 0 Å². The monoisotopic (exact) mass is 259 g/mol. The summed E-state index contributed by atoms with van der Waals surface area (Å²) >= 11 is 0. The first-order valence-corrected chi connectivity index (χ1v) is 6.64. The quantitative estimate of drug-likeness (QED) is 0.762. The van der Waals surface area contributed by atoms with Crippen LogP contribution in [0.2, 0.25) is 0 Å². The highest BCUT2D eigenvalue weighted by atomic mass is 16.6. The number of primary amides is 1. The second-order valence-corrected chi connectivity index (χ2v) is 5.66. The van der Waals surface area contributed by atoms with Crippen molar-refractivity contribution < 1.29 is 19.4 Å². The number of hydrogen-bond donors (Lipinski definition) is 2. The van der Waals surface area contributed by atoms with Gasteiger partial charge in [-0.3, -0.25) is 0 Å². The molecule has 0 aliphatic carbocycles. The van der Waals surface area contributed by atoms with Crippen molar-refractivity contribution in [2.45, 2.75) is 57.7 Å². The molecule has 0 radical (unpaired) electrons. The Hall–Kier alpha value is -0.810. The third-order valence-corrected chi connectivity index (χ3v) is 3.29. The summed E-state index contributed by atoms with van der Waals surface area (Å²) < 4.78 is 10.7. The van der Waals surface area contributed by atoms with E-state index in [4.69, 9.17) is 15.2 Å². The summed E-state index contributed by atoms with van der Waals surface area (Å²) in [5, 5.41) is 9.43. The zero-order chi connectivity index (χ0) is 13.6. The summed E-state index contributed by atoms with van der Waals surface area (Å²) in [5.74, 6) is 0.0717. The molecule has 1 amide bonds. The molecule has 1 saturated heterocycles. The molecule has 106 valence electrons. The highest BCUT2D eigenvalue weighted by molar-refractivity contribution is 5.65. The van der Waals surface area contributed by atoms with Crippen molar-refractivity contribution in [2.75, 3.05) is 13.2 Å². The molecule has 1 heterocycles. The highest BCUT2D eigenvalue weighted by Crippen LogP contribution is 2.27. The smallest absolute Gasteiger partial charge is 0.405 e. The maximum Gasteiger partial charge on any atom is 0.405 e. The van der Waals surface area contributed by atoms with Gasteiger partial charge < -0.3 is 20.3 Å². The molecule has 0 aromatic heterocycles. The van der Waals surface area contributed by atoms with E-state index < -0.39 is 11.7 Å². The van der Waals surface area contributed by atoms with Gasteiger partial charge in [-0.05, 0) is 51.9 Å². The number of aliphatic hydroxyl groups excluding tert-OH is 1. The topological polar surface area (TPSA) is 81.8 Å². The van der Waals surface area contributed by atoms with Crippen molar-refractivity contribution in [1.82, 2.24) is 0 Å². The van der Waals surface area contributed by atoms with Gasteiger partial charge in [-0.1, -0.05) is 0 Å². The van der Waals surface area contributed by atoms with E-state index in [-0.39, 0.29) is 18.6 Å². The minimum atomic E-state index is -0.773. The van der Waals surface area contributed by atoms with Crippen LogP contribution in [0.25, 0.3) is 0 Å². The molecule has 0 saturated carbocycles. The third-order valence-electron chi connectivity index (χ3n) is 3.29. The number of carbonyl (C=O) groups is 1. The predicted octanol–water partition coefficient (Wildman–Crippen LogP) is 1.82. The van der Waals surface area contributed by atoms with Crippen molar-refractivity contribution in [1.29, 1.82) is 0 Å². The number of rotatable bonds is 6. The summed E-state index contributed by atoms with van der Waals surface area (Å²) in [4.78, 5) is 10.8. The summed E-state index contributed by atoms with van der Waals surface area (Å²) in [6.07, 6.45) is 4.20. The average Bonchev–Trinajstić information content (AvgIpc) is 2.27. The minimum absolute atomic E-state index is 0.0717. The van der Waals surface area contributed by atoms with Crippen LogP contribution >= 0.6 is 0 Å². The van der Waals surface area contributed by atoms with Crippen molar-refractivity contribution >= 4 is 6.09 Å². The van der Waals surface area contributed by atoms with E-state index in [2.05, 4.69) is 0 Å². The van der Waals surface area contributed by atoms with E-state index in [0.29, 0.717) is 6.42 Å². The molecule has 3 N–H and O–H groups in total. The molecule has 5 heteroatoms. The van der Waals surface area contributed by atoms with E-state index in [0.717, 1.165) is 25.9 Å². The first kappa shape index (κ1) is 15.2. The normalized spacial score (nSPS) is 22.5. The van der Waals surface area contributed by atoms with Crippen LogP contribution in [0.3, 0.4) is 0 Å². The number of amides is 1. The van der Waals surface area contributed by atoms with Crippen LogP contribution in [0.15, 0.2) is 0 Å². The molecule has 5 nitrogen and oxygen atoms in total. The maximum atomic E-state index is 10.8. The molecule has 0 aromatic rings. The van der Waals surface area contributed by atoms with Gasteiger partial charge in [0.25, 0.3) is 0 Å². The van der Waals surface area contributed by atoms with E-state index >= 15 is 0 Å². The fraction of sp³-hybridized carbons (Fsp3) is 0.923. The van der Waals surface area contributed by atoms with E-state index in [1.807, 2.05) is 13.8 Å². The lowest BCUT2D eigenvalue weighted by Crippen LogP contribution is -2.35. The number of nitrogens with two attached hydrogens (primary N) is 1. The summed E-state index contributed by atoms with van der Waals surface area (Å²) in [6.45, 7) is 4.50. The lowest BCUT2D eigenvalue weighted by molar-refractivity contribution is -0.0235. The summed E-state index contributed by atoms with van der Waals surface area (Å²) in [5.41, 5.74) is 4.39. The second kappa shape index (κ2) is 6.95. The summed E-state index contributed by atoms with van der Waals surface area (Å²) in [6, 6.07) is 0. The maximum absolute atomic E-state index is 10.8. The Bertz CT molecular complexity index is 262. The molecule has 1 aliphatic heterocycles. The van der Waals surface area contributed by atoms with Gasteiger partial charge in [0.2, 0.25) is 0 Å². The Labute approximate surface area is 109 Å². The van der Waals surface area contributed by atoms with Crippen LogP contribution in [-0.4, -0.2) is 36.1 Å². The second-order valence-electron chi connectivity index (χ2n) is 5.66. The third kappa shape index (κ3) is 5.69. The number of ether oxygens (including phenoxy) is 2. The van der Waals surface area contributed by atoms with E-state index in [1.165, 1.54) is 6.42 Å². The molecule has 1 aliphatic rings. The van der Waals surface area contributed by atoms with Gasteiger partial charge >= 0.3 is 6.09 Å². The molecule has 1 rings (SSSR count). The Morgan fingerprint density at radius 2 is 2.28 bits per heavy atom. The van der Waals surface area contributed by atoms with Crippen LogP contribution in [0.4, 0.5) is 4.79 Å². The van der Waals surface area contributed by atoms with Gasteiger partial charge in [0.1, 0.15) is 5.60 Å². The molecule has 0 bridgehead atoms. The lowest BCUT2D eigenvalue weighted by Gasteiger charge is -2.31. The fourth-order valence-electron chi connectivity index (χ4n) is 2.60. The van der Waals surface area contributed by atoms with Crippen molar-refractivity contribution in [3.63, 3.8) is 0 Å². The SMILES string of the molecule is CC(C)(CC(CO)CC1CCCCO1)OC(N)=O. The zero-order valence-electron chi connectivity index (χ0n) is 11.4. The number of hydrogen-bond acceptors (Lipinski definition) is 4. The first-order chi connectivity index (χ1) is 8.43. The lowest BCUT2D eigenvalue weighted by atomic mass is 9.88. The largest absolute Gasteiger partial charge is 0.444 e. The molecule has 0 aromatic carbocycles. The number of aliphatic hydroxyl groups is 1. The standard InChI is InChI=1S/C13H25NO4/c1-13(2,18-12(14)16)8-10(9-15)7-11-5-3-4-6-17-11/h10-11,15H,3-9H2,1-2H3,(H2,14,16). The van der Waals surface area contributed by atoms with Crippen LogP contribution in [0, 0.1) is 5.92 Å². The summed E-state index contributed by atoms with van der Waals surface area (Å²) in [7, 11) is 0. The van der Waals surface area contributed by atoms with Crippen molar-refractivity contribution in [2.24, 2.45) is 11.7 Å². The van der Waals surface area contributed by atoms with Crippen LogP contribution in [0.5, 0.6) is 0 Å². The average molecular weight is 259 g/mol. The Morgan fingerprint density at radius 1 is 1.56 bits per heavy atom. The van der Waals surface area contributed by atoms with E-state index in [1.54, 1.807) is 0 Å². The zero-order valence-corrected chi connectivity index (χ0v) is 11.4. The van der Waals surface area contributed by atoms with Crippen molar-refractivity contribution in [3.05, 3.63) is 0 Å². The van der Waals surface area contributed by atoms with Gasteiger partial charge in [-0.15, -0.1) is 0 Å². The van der Waals surface area contributed by atoms with Gasteiger partial charge in [0, 0.05) is 13.2 Å².